The number of nitrogens with one attached hydrogen (secondary N) is 1. The highest BCUT2D eigenvalue weighted by Crippen LogP contribution is 2.24. The van der Waals surface area contributed by atoms with Crippen LogP contribution in [-0.4, -0.2) is 43.0 Å². The average Bonchev–Trinajstić information content (AvgIpc) is 2.78. The fourth-order valence-electron chi connectivity index (χ4n) is 3.51. The van der Waals surface area contributed by atoms with E-state index in [1.54, 1.807) is 42.5 Å². The predicted octanol–water partition coefficient (Wildman–Crippen LogP) is 2.38. The topological polar surface area (TPSA) is 139 Å². The molecule has 10 nitrogen and oxygen atoms in total. The highest BCUT2D eigenvalue weighted by molar-refractivity contribution is 6.30. The molecule has 1 heterocycles. The summed E-state index contributed by atoms with van der Waals surface area (Å²) >= 11 is 5.96. The van der Waals surface area contributed by atoms with Crippen molar-refractivity contribution in [3.63, 3.8) is 0 Å². The molecule has 3 aromatic rings. The first-order valence-corrected chi connectivity index (χ1v) is 11.3. The minimum atomic E-state index is -1.54. The van der Waals surface area contributed by atoms with Gasteiger partial charge in [0.05, 0.1) is 18.3 Å². The summed E-state index contributed by atoms with van der Waals surface area (Å²) in [4.78, 5) is 44.9. The maximum atomic E-state index is 13.4. The second-order valence-corrected chi connectivity index (χ2v) is 8.65. The standard InChI is InChI=1S/C24H27ClN4O6/c1-14(2)35-20-9-8-18(12-15(20)3)26-22-27-23(33)29(19(10-11-30)21(31)32)24(34)28(22)13-16-4-6-17(25)7-5-16/h4-9,12,14,19,30H,10-11,13H2,1-3H3,(H,31,32)(H,26,27,33)/t19-/m1/s1. The average molecular weight is 503 g/mol. The SMILES string of the molecule is Cc1cc(/N=c2\[nH]c(=O)n([C@H](CCO)C(=O)O)c(=O)n2Cc2ccc(Cl)cc2)ccc1OC(C)C. The Hall–Kier alpha value is -3.63. The molecule has 2 aromatic carbocycles. The van der Waals surface area contributed by atoms with Crippen LogP contribution in [0, 0.1) is 6.92 Å². The van der Waals surface area contributed by atoms with E-state index in [1.165, 1.54) is 4.57 Å². The number of nitrogens with zero attached hydrogens (tertiary/aromatic N) is 3. The van der Waals surface area contributed by atoms with Crippen LogP contribution in [0.25, 0.3) is 0 Å². The quantitative estimate of drug-likeness (QED) is 0.410. The molecule has 1 aromatic heterocycles. The maximum absolute atomic E-state index is 13.4. The summed E-state index contributed by atoms with van der Waals surface area (Å²) in [6.07, 6.45) is -0.324. The van der Waals surface area contributed by atoms with E-state index in [2.05, 4.69) is 9.98 Å². The van der Waals surface area contributed by atoms with Crippen molar-refractivity contribution < 1.29 is 19.7 Å². The number of aliphatic carboxylic acids is 1. The highest BCUT2D eigenvalue weighted by Gasteiger charge is 2.24. The molecule has 0 fully saturated rings. The second-order valence-electron chi connectivity index (χ2n) is 8.21. The lowest BCUT2D eigenvalue weighted by Crippen LogP contribution is -2.52. The molecule has 0 saturated carbocycles. The summed E-state index contributed by atoms with van der Waals surface area (Å²) in [5.74, 6) is -0.726. The fraction of sp³-hybridized carbons (Fsp3) is 0.333. The summed E-state index contributed by atoms with van der Waals surface area (Å²) in [5.41, 5.74) is 0.0714. The minimum Gasteiger partial charge on any atom is -0.491 e. The molecule has 11 heteroatoms. The van der Waals surface area contributed by atoms with Gasteiger partial charge in [-0.1, -0.05) is 23.7 Å². The molecule has 0 aliphatic heterocycles. The molecule has 0 radical (unpaired) electrons. The molecule has 0 spiro atoms. The first-order valence-electron chi connectivity index (χ1n) is 11.0. The molecule has 0 aliphatic carbocycles. The largest absolute Gasteiger partial charge is 0.491 e. The fourth-order valence-corrected chi connectivity index (χ4v) is 3.63. The number of hydrogen-bond acceptors (Lipinski definition) is 6. The molecule has 0 unspecified atom stereocenters. The van der Waals surface area contributed by atoms with E-state index in [4.69, 9.17) is 16.3 Å². The van der Waals surface area contributed by atoms with Crippen molar-refractivity contribution in [1.82, 2.24) is 14.1 Å². The lowest BCUT2D eigenvalue weighted by atomic mass is 10.2. The molecule has 0 bridgehead atoms. The lowest BCUT2D eigenvalue weighted by Gasteiger charge is -2.16. The van der Waals surface area contributed by atoms with Gasteiger partial charge in [0.15, 0.2) is 0 Å². The van der Waals surface area contributed by atoms with Crippen molar-refractivity contribution >= 4 is 23.3 Å². The van der Waals surface area contributed by atoms with E-state index in [-0.39, 0.29) is 24.7 Å². The van der Waals surface area contributed by atoms with Crippen molar-refractivity contribution in [2.24, 2.45) is 4.99 Å². The Kier molecular flexibility index (Phi) is 8.31. The minimum absolute atomic E-state index is 0.00932. The molecule has 3 N–H and O–H groups in total. The van der Waals surface area contributed by atoms with Crippen molar-refractivity contribution in [3.8, 4) is 5.75 Å². The smallest absolute Gasteiger partial charge is 0.336 e. The zero-order valence-corrected chi connectivity index (χ0v) is 20.3. The van der Waals surface area contributed by atoms with Crippen LogP contribution in [-0.2, 0) is 11.3 Å². The highest BCUT2D eigenvalue weighted by atomic mass is 35.5. The number of hydrogen-bond donors (Lipinski definition) is 3. The predicted molar refractivity (Wildman–Crippen MR) is 130 cm³/mol. The number of rotatable bonds is 9. The molecule has 1 atom stereocenters. The van der Waals surface area contributed by atoms with Crippen LogP contribution in [0.5, 0.6) is 5.75 Å². The van der Waals surface area contributed by atoms with Crippen LogP contribution in [0.4, 0.5) is 5.69 Å². The molecule has 35 heavy (non-hydrogen) atoms. The van der Waals surface area contributed by atoms with Gasteiger partial charge in [0.1, 0.15) is 11.8 Å². The molecule has 3 rings (SSSR count). The first kappa shape index (κ1) is 26.0. The van der Waals surface area contributed by atoms with E-state index in [1.807, 2.05) is 20.8 Å². The van der Waals surface area contributed by atoms with E-state index < -0.39 is 30.0 Å². The number of aliphatic hydroxyl groups excluding tert-OH is 1. The third-order valence-electron chi connectivity index (χ3n) is 5.14. The summed E-state index contributed by atoms with van der Waals surface area (Å²) in [7, 11) is 0. The van der Waals surface area contributed by atoms with Gasteiger partial charge >= 0.3 is 17.3 Å². The van der Waals surface area contributed by atoms with Crippen LogP contribution in [0.15, 0.2) is 57.0 Å². The molecule has 0 saturated heterocycles. The molecule has 186 valence electrons. The van der Waals surface area contributed by atoms with E-state index in [9.17, 15) is 24.6 Å². The Bertz CT molecular complexity index is 1390. The summed E-state index contributed by atoms with van der Waals surface area (Å²) in [6.45, 7) is 5.16. The number of benzene rings is 2. The van der Waals surface area contributed by atoms with Crippen LogP contribution < -0.4 is 21.7 Å². The number of aryl methyl sites for hydroxylation is 1. The monoisotopic (exact) mass is 502 g/mol. The Morgan fingerprint density at radius 3 is 2.43 bits per heavy atom. The Balaban J connectivity index is 2.22. The van der Waals surface area contributed by atoms with Gasteiger partial charge in [0, 0.05) is 18.1 Å². The summed E-state index contributed by atoms with van der Waals surface area (Å²) < 4.78 is 7.50. The van der Waals surface area contributed by atoms with E-state index in [0.717, 1.165) is 5.56 Å². The van der Waals surface area contributed by atoms with Gasteiger partial charge in [-0.25, -0.2) is 23.9 Å². The Labute approximate surface area is 205 Å². The normalized spacial score (nSPS) is 12.7. The van der Waals surface area contributed by atoms with Gasteiger partial charge < -0.3 is 14.9 Å². The zero-order valence-electron chi connectivity index (χ0n) is 19.6. The third-order valence-corrected chi connectivity index (χ3v) is 5.39. The van der Waals surface area contributed by atoms with Gasteiger partial charge in [0.2, 0.25) is 5.62 Å². The van der Waals surface area contributed by atoms with Crippen molar-refractivity contribution in [2.45, 2.75) is 45.9 Å². The van der Waals surface area contributed by atoms with Crippen LogP contribution in [0.2, 0.25) is 5.02 Å². The summed E-state index contributed by atoms with van der Waals surface area (Å²) in [6, 6.07) is 10.4. The number of aromatic amines is 1. The maximum Gasteiger partial charge on any atom is 0.336 e. The number of halogens is 1. The number of H-pyrrole nitrogens is 1. The molecular formula is C24H27ClN4O6. The Morgan fingerprint density at radius 2 is 1.86 bits per heavy atom. The number of aliphatic hydroxyl groups is 1. The van der Waals surface area contributed by atoms with Crippen molar-refractivity contribution in [3.05, 3.63) is 85.2 Å². The first-order chi connectivity index (χ1) is 16.6. The van der Waals surface area contributed by atoms with Gasteiger partial charge in [-0.15, -0.1) is 0 Å². The zero-order chi connectivity index (χ0) is 25.7. The molecule has 0 amide bonds. The number of carboxylic acids is 1. The van der Waals surface area contributed by atoms with Crippen molar-refractivity contribution in [2.75, 3.05) is 6.61 Å². The van der Waals surface area contributed by atoms with Gasteiger partial charge in [-0.05, 0) is 62.2 Å². The number of ether oxygens (including phenoxy) is 1. The van der Waals surface area contributed by atoms with Gasteiger partial charge in [0.25, 0.3) is 0 Å². The number of aromatic nitrogens is 3. The van der Waals surface area contributed by atoms with Gasteiger partial charge in [-0.2, -0.15) is 0 Å². The second kappa shape index (κ2) is 11.2. The molecule has 0 aliphatic rings. The Morgan fingerprint density at radius 1 is 1.17 bits per heavy atom. The summed E-state index contributed by atoms with van der Waals surface area (Å²) in [5, 5.41) is 19.3. The van der Waals surface area contributed by atoms with Crippen molar-refractivity contribution in [1.29, 1.82) is 0 Å². The van der Waals surface area contributed by atoms with E-state index in [0.29, 0.717) is 26.6 Å². The number of carboxylic acid groups (broad SMARTS) is 1. The molecular weight excluding hydrogens is 476 g/mol. The van der Waals surface area contributed by atoms with Crippen LogP contribution in [0.1, 0.15) is 37.4 Å². The van der Waals surface area contributed by atoms with Crippen LogP contribution >= 0.6 is 11.6 Å². The lowest BCUT2D eigenvalue weighted by molar-refractivity contribution is -0.141. The van der Waals surface area contributed by atoms with Crippen LogP contribution in [0.3, 0.4) is 0 Å². The third kappa shape index (κ3) is 6.28. The van der Waals surface area contributed by atoms with Gasteiger partial charge in [-0.3, -0.25) is 9.55 Å². The van der Waals surface area contributed by atoms with E-state index >= 15 is 0 Å². The number of carbonyl (C=O) groups is 1.